The van der Waals surface area contributed by atoms with E-state index in [1.54, 1.807) is 52.0 Å². The predicted molar refractivity (Wildman–Crippen MR) is 353 cm³/mol. The van der Waals surface area contributed by atoms with Gasteiger partial charge in [0.2, 0.25) is 0 Å². The van der Waals surface area contributed by atoms with E-state index in [-0.39, 0.29) is 19.0 Å². The van der Waals surface area contributed by atoms with Gasteiger partial charge in [0, 0.05) is 13.2 Å². The van der Waals surface area contributed by atoms with Gasteiger partial charge >= 0.3 is 19.8 Å². The molecule has 2 aromatic carbocycles. The van der Waals surface area contributed by atoms with Gasteiger partial charge in [0.25, 0.3) is 0 Å². The Bertz CT molecular complexity index is 1910. The average Bonchev–Trinajstić information content (AvgIpc) is 3.53. The lowest BCUT2D eigenvalue weighted by Gasteiger charge is -2.23. The predicted octanol–water partition coefficient (Wildman–Crippen LogP) is 22.8. The molecule has 0 aromatic heterocycles. The molecule has 0 heterocycles. The summed E-state index contributed by atoms with van der Waals surface area (Å²) in [6.07, 6.45) is 52.9. The Labute approximate surface area is 520 Å². The number of carboxylic acids is 2. The number of ether oxygens (including phenoxy) is 2. The number of hydrogen-bond donors (Lipinski definition) is 2. The largest absolute Gasteiger partial charge is 0.530 e. The van der Waals surface area contributed by atoms with E-state index in [0.29, 0.717) is 37.7 Å². The number of halogens is 1. The van der Waals surface area contributed by atoms with Gasteiger partial charge in [-0.2, -0.15) is 0 Å². The first-order valence-electron chi connectivity index (χ1n) is 34.7. The van der Waals surface area contributed by atoms with Crippen LogP contribution in [0.5, 0.6) is 5.75 Å². The van der Waals surface area contributed by atoms with Crippen LogP contribution in [-0.2, 0) is 51.9 Å². The van der Waals surface area contributed by atoms with Gasteiger partial charge in [-0.05, 0) is 101 Å². The minimum absolute atomic E-state index is 0.0171. The Balaban J connectivity index is 1.82. The summed E-state index contributed by atoms with van der Waals surface area (Å²) in [6.45, 7) is 13.3. The Kier molecular flexibility index (Phi) is 46.6. The second kappa shape index (κ2) is 50.4. The second-order valence-electron chi connectivity index (χ2n) is 26.1. The second-order valence-corrected chi connectivity index (χ2v) is 28.1. The number of phosphoric acid groups is 1. The van der Waals surface area contributed by atoms with Crippen LogP contribution >= 0.6 is 19.4 Å². The quantitative estimate of drug-likeness (QED) is 0.0486. The van der Waals surface area contributed by atoms with Gasteiger partial charge in [0.1, 0.15) is 11.9 Å². The number of aryl methyl sites for hydroxylation is 1. The normalized spacial score (nSPS) is 13.1. The molecule has 0 aliphatic carbocycles. The van der Waals surface area contributed by atoms with Crippen molar-refractivity contribution in [3.8, 4) is 5.75 Å². The third kappa shape index (κ3) is 41.6. The standard InChI is InChI=1S/C72H126ClO10P/c1-7-9-11-13-15-17-19-21-23-25-27-29-33-37-41-47-53-79-61-66(80-54-48-42-38-34-30-28-26-24-22-20-18-16-14-12-10-8-2)62-82-84(78,83-68-52-46-45-51-67(68)73)81-55-49-43-39-35-31-32-36-40-44-50-63-56-64(59-71(3,4)69(74)75)58-65(57-63)60-72(5,6)70(76)77/h45-46,51-52,56-58,66H,7-44,47-50,53-55,59-62H2,1-6H3,(H,74,75)(H,76,77). The van der Waals surface area contributed by atoms with E-state index in [2.05, 4.69) is 26.0 Å². The highest BCUT2D eigenvalue weighted by molar-refractivity contribution is 7.48. The molecule has 486 valence electrons. The molecule has 0 saturated carbocycles. The van der Waals surface area contributed by atoms with E-state index in [4.69, 9.17) is 34.6 Å². The van der Waals surface area contributed by atoms with E-state index in [1.807, 2.05) is 6.07 Å². The smallest absolute Gasteiger partial charge is 0.481 e. The zero-order valence-corrected chi connectivity index (χ0v) is 56.4. The van der Waals surface area contributed by atoms with E-state index in [1.165, 1.54) is 180 Å². The fraction of sp³-hybridized carbons (Fsp3) is 0.806. The number of aliphatic carboxylic acids is 2. The highest BCUT2D eigenvalue weighted by Gasteiger charge is 2.32. The summed E-state index contributed by atoms with van der Waals surface area (Å²) in [5.41, 5.74) is 1.18. The molecule has 0 aliphatic heterocycles. The summed E-state index contributed by atoms with van der Waals surface area (Å²) < 4.78 is 45.1. The first-order chi connectivity index (χ1) is 40.6. The van der Waals surface area contributed by atoms with Crippen LogP contribution in [0.3, 0.4) is 0 Å². The van der Waals surface area contributed by atoms with Crippen LogP contribution < -0.4 is 4.52 Å². The lowest BCUT2D eigenvalue weighted by molar-refractivity contribution is -0.147. The van der Waals surface area contributed by atoms with E-state index >= 15 is 0 Å². The fourth-order valence-electron chi connectivity index (χ4n) is 11.1. The molecule has 0 aliphatic rings. The van der Waals surface area contributed by atoms with Gasteiger partial charge in [-0.3, -0.25) is 18.6 Å². The van der Waals surface area contributed by atoms with Crippen LogP contribution in [-0.4, -0.2) is 61.3 Å². The van der Waals surface area contributed by atoms with Crippen molar-refractivity contribution in [3.05, 3.63) is 64.2 Å². The van der Waals surface area contributed by atoms with Gasteiger partial charge in [0.05, 0.1) is 35.7 Å². The van der Waals surface area contributed by atoms with Crippen molar-refractivity contribution in [2.45, 2.75) is 330 Å². The van der Waals surface area contributed by atoms with Gasteiger partial charge < -0.3 is 24.2 Å². The molecular formula is C72H126ClO10P. The summed E-state index contributed by atoms with van der Waals surface area (Å²) in [4.78, 5) is 23.8. The van der Waals surface area contributed by atoms with Crippen LogP contribution in [0.15, 0.2) is 42.5 Å². The topological polar surface area (TPSA) is 138 Å². The van der Waals surface area contributed by atoms with Crippen molar-refractivity contribution in [2.24, 2.45) is 10.8 Å². The minimum atomic E-state index is -4.08. The molecule has 2 unspecified atom stereocenters. The maximum absolute atomic E-state index is 14.4. The first-order valence-corrected chi connectivity index (χ1v) is 36.6. The maximum atomic E-state index is 14.4. The molecule has 2 atom stereocenters. The molecule has 0 spiro atoms. The molecule has 0 amide bonds. The van der Waals surface area contributed by atoms with Crippen molar-refractivity contribution < 1.29 is 47.4 Å². The van der Waals surface area contributed by atoms with Gasteiger partial charge in [0.15, 0.2) is 0 Å². The summed E-state index contributed by atoms with van der Waals surface area (Å²) in [7, 11) is -4.08. The molecule has 0 fully saturated rings. The summed E-state index contributed by atoms with van der Waals surface area (Å²) in [5.74, 6) is -1.44. The lowest BCUT2D eigenvalue weighted by atomic mass is 9.81. The molecule has 2 rings (SSSR count). The van der Waals surface area contributed by atoms with Crippen LogP contribution in [0, 0.1) is 10.8 Å². The number of phosphoric ester groups is 1. The maximum Gasteiger partial charge on any atom is 0.530 e. The van der Waals surface area contributed by atoms with E-state index < -0.39 is 36.7 Å². The first kappa shape index (κ1) is 77.6. The highest BCUT2D eigenvalue weighted by Crippen LogP contribution is 2.51. The summed E-state index contributed by atoms with van der Waals surface area (Å²) >= 11 is 6.50. The molecule has 84 heavy (non-hydrogen) atoms. The van der Waals surface area contributed by atoms with Crippen LogP contribution in [0.1, 0.15) is 321 Å². The number of para-hydroxylation sites is 1. The van der Waals surface area contributed by atoms with Gasteiger partial charge in [-0.25, -0.2) is 4.57 Å². The number of hydrogen-bond acceptors (Lipinski definition) is 8. The third-order valence-electron chi connectivity index (χ3n) is 16.7. The summed E-state index contributed by atoms with van der Waals surface area (Å²) in [5, 5.41) is 19.9. The Morgan fingerprint density at radius 3 is 1.19 bits per heavy atom. The zero-order valence-electron chi connectivity index (χ0n) is 54.8. The van der Waals surface area contributed by atoms with Crippen molar-refractivity contribution >= 4 is 31.4 Å². The number of unbranched alkanes of at least 4 members (excludes halogenated alkanes) is 38. The number of carbonyl (C=O) groups is 2. The molecule has 0 saturated heterocycles. The lowest BCUT2D eigenvalue weighted by Crippen LogP contribution is -2.27. The van der Waals surface area contributed by atoms with E-state index in [0.717, 1.165) is 107 Å². The SMILES string of the molecule is CCCCCCCCCCCCCCCCCCOCC(COP(=O)(OCCCCCCCCCCCc1cc(CC(C)(C)C(=O)O)cc(CC(C)(C)C(=O)O)c1)Oc1ccccc1Cl)OCCCCCCCCCCCCCCCCCC. The van der Waals surface area contributed by atoms with Crippen LogP contribution in [0.2, 0.25) is 5.02 Å². The van der Waals surface area contributed by atoms with Crippen molar-refractivity contribution in [3.63, 3.8) is 0 Å². The van der Waals surface area contributed by atoms with Gasteiger partial charge in [-0.1, -0.05) is 293 Å². The Hall–Kier alpha value is -2.46. The van der Waals surface area contributed by atoms with Crippen LogP contribution in [0.25, 0.3) is 0 Å². The third-order valence-corrected chi connectivity index (χ3v) is 18.4. The number of rotatable bonds is 61. The van der Waals surface area contributed by atoms with Crippen LogP contribution in [0.4, 0.5) is 0 Å². The average molecular weight is 1220 g/mol. The molecule has 12 heteroatoms. The van der Waals surface area contributed by atoms with Crippen molar-refractivity contribution in [1.29, 1.82) is 0 Å². The molecule has 2 N–H and O–H groups in total. The van der Waals surface area contributed by atoms with E-state index in [9.17, 15) is 24.4 Å². The van der Waals surface area contributed by atoms with Gasteiger partial charge in [-0.15, -0.1) is 0 Å². The molecule has 0 radical (unpaired) electrons. The minimum Gasteiger partial charge on any atom is -0.481 e. The molecule has 10 nitrogen and oxygen atoms in total. The zero-order chi connectivity index (χ0) is 61.3. The fourth-order valence-corrected chi connectivity index (χ4v) is 12.6. The summed E-state index contributed by atoms with van der Waals surface area (Å²) in [6, 6.07) is 13.2. The Morgan fingerprint density at radius 1 is 0.452 bits per heavy atom. The van der Waals surface area contributed by atoms with Crippen molar-refractivity contribution in [1.82, 2.24) is 0 Å². The number of benzene rings is 2. The molecular weight excluding hydrogens is 1090 g/mol. The number of carboxylic acid groups (broad SMARTS) is 2. The highest BCUT2D eigenvalue weighted by atomic mass is 35.5. The molecule has 2 aromatic rings. The monoisotopic (exact) mass is 1220 g/mol. The molecule has 0 bridgehead atoms. The Morgan fingerprint density at radius 2 is 0.798 bits per heavy atom. The van der Waals surface area contributed by atoms with Crippen molar-refractivity contribution in [2.75, 3.05) is 33.0 Å².